The van der Waals surface area contributed by atoms with Crippen molar-refractivity contribution in [3.8, 4) is 5.75 Å². The minimum absolute atomic E-state index is 0.0587. The lowest BCUT2D eigenvalue weighted by Gasteiger charge is -2.25. The summed E-state index contributed by atoms with van der Waals surface area (Å²) in [6, 6.07) is 16.7. The number of carbonyl (C=O) groups excluding carboxylic acids is 1. The SMILES string of the molecule is Cc1ccccc1N(CC(=O)Nc1ccc(OC(F)(F)F)cc1)S(=O)(=O)c1ccc(Cl)cc1. The molecule has 0 aromatic heterocycles. The summed E-state index contributed by atoms with van der Waals surface area (Å²) >= 11 is 5.86. The van der Waals surface area contributed by atoms with Gasteiger partial charge in [-0.1, -0.05) is 29.8 Å². The number of hydrogen-bond acceptors (Lipinski definition) is 4. The quantitative estimate of drug-likeness (QED) is 0.474. The molecule has 0 saturated carbocycles. The number of hydrogen-bond donors (Lipinski definition) is 1. The summed E-state index contributed by atoms with van der Waals surface area (Å²) in [4.78, 5) is 12.6. The van der Waals surface area contributed by atoms with Gasteiger partial charge in [0.2, 0.25) is 5.91 Å². The van der Waals surface area contributed by atoms with Crippen molar-refractivity contribution in [3.63, 3.8) is 0 Å². The van der Waals surface area contributed by atoms with Gasteiger partial charge in [-0.15, -0.1) is 13.2 Å². The fourth-order valence-electron chi connectivity index (χ4n) is 2.95. The zero-order valence-electron chi connectivity index (χ0n) is 17.1. The average Bonchev–Trinajstić information content (AvgIpc) is 2.73. The van der Waals surface area contributed by atoms with E-state index in [1.165, 1.54) is 36.4 Å². The third kappa shape index (κ3) is 6.39. The van der Waals surface area contributed by atoms with Crippen molar-refractivity contribution in [1.82, 2.24) is 0 Å². The fourth-order valence-corrected chi connectivity index (χ4v) is 4.56. The van der Waals surface area contributed by atoms with E-state index >= 15 is 0 Å². The maximum atomic E-state index is 13.3. The first-order valence-corrected chi connectivity index (χ1v) is 11.3. The maximum Gasteiger partial charge on any atom is 0.573 e. The summed E-state index contributed by atoms with van der Waals surface area (Å²) < 4.78 is 68.3. The molecule has 0 fully saturated rings. The van der Waals surface area contributed by atoms with Crippen LogP contribution in [0.5, 0.6) is 5.75 Å². The van der Waals surface area contributed by atoms with Crippen LogP contribution in [-0.2, 0) is 14.8 Å². The van der Waals surface area contributed by atoms with Crippen LogP contribution >= 0.6 is 11.6 Å². The number of para-hydroxylation sites is 1. The van der Waals surface area contributed by atoms with E-state index in [-0.39, 0.29) is 10.6 Å². The Hall–Kier alpha value is -3.24. The number of ether oxygens (including phenoxy) is 1. The number of nitrogens with zero attached hydrogens (tertiary/aromatic N) is 1. The molecule has 0 radical (unpaired) electrons. The normalized spacial score (nSPS) is 11.7. The second-order valence-electron chi connectivity index (χ2n) is 6.87. The van der Waals surface area contributed by atoms with Gasteiger partial charge in [0, 0.05) is 10.7 Å². The van der Waals surface area contributed by atoms with Gasteiger partial charge in [-0.3, -0.25) is 9.10 Å². The highest BCUT2D eigenvalue weighted by atomic mass is 35.5. The smallest absolute Gasteiger partial charge is 0.406 e. The number of carbonyl (C=O) groups is 1. The molecule has 3 aromatic rings. The molecule has 0 saturated heterocycles. The van der Waals surface area contributed by atoms with Crippen LogP contribution in [0.15, 0.2) is 77.7 Å². The minimum atomic E-state index is -4.84. The van der Waals surface area contributed by atoms with Crippen LogP contribution in [0, 0.1) is 6.92 Å². The number of anilines is 2. The molecule has 0 atom stereocenters. The average molecular weight is 499 g/mol. The zero-order chi connectivity index (χ0) is 24.2. The van der Waals surface area contributed by atoms with Crippen molar-refractivity contribution in [2.24, 2.45) is 0 Å². The summed E-state index contributed by atoms with van der Waals surface area (Å²) in [6.07, 6.45) is -4.84. The Labute approximate surface area is 193 Å². The molecular formula is C22H18ClF3N2O4S. The molecule has 0 spiro atoms. The molecule has 0 bridgehead atoms. The van der Waals surface area contributed by atoms with E-state index in [2.05, 4.69) is 10.1 Å². The number of sulfonamides is 1. The molecule has 1 amide bonds. The molecule has 0 aliphatic carbocycles. The Morgan fingerprint density at radius 3 is 2.18 bits per heavy atom. The van der Waals surface area contributed by atoms with Gasteiger partial charge in [0.15, 0.2) is 0 Å². The van der Waals surface area contributed by atoms with Gasteiger partial charge < -0.3 is 10.1 Å². The Kier molecular flexibility index (Phi) is 7.19. The lowest BCUT2D eigenvalue weighted by atomic mass is 10.2. The topological polar surface area (TPSA) is 75.7 Å². The van der Waals surface area contributed by atoms with Crippen molar-refractivity contribution in [1.29, 1.82) is 0 Å². The summed E-state index contributed by atoms with van der Waals surface area (Å²) in [5.41, 5.74) is 1.09. The molecule has 1 N–H and O–H groups in total. The van der Waals surface area contributed by atoms with E-state index in [1.807, 2.05) is 0 Å². The zero-order valence-corrected chi connectivity index (χ0v) is 18.7. The summed E-state index contributed by atoms with van der Waals surface area (Å²) in [5.74, 6) is -1.15. The highest BCUT2D eigenvalue weighted by molar-refractivity contribution is 7.92. The van der Waals surface area contributed by atoms with Crippen molar-refractivity contribution in [3.05, 3.63) is 83.4 Å². The Morgan fingerprint density at radius 2 is 1.61 bits per heavy atom. The second-order valence-corrected chi connectivity index (χ2v) is 9.17. The van der Waals surface area contributed by atoms with Crippen LogP contribution in [-0.4, -0.2) is 27.2 Å². The Balaban J connectivity index is 1.85. The van der Waals surface area contributed by atoms with E-state index in [0.717, 1.165) is 16.4 Å². The van der Waals surface area contributed by atoms with Crippen LogP contribution in [0.4, 0.5) is 24.5 Å². The molecule has 11 heteroatoms. The second kappa shape index (κ2) is 9.72. The monoisotopic (exact) mass is 498 g/mol. The number of amides is 1. The standard InChI is InChI=1S/C22H18ClF3N2O4S/c1-15-4-2-3-5-20(15)28(33(30,31)19-12-6-16(23)7-13-19)14-21(29)27-17-8-10-18(11-9-17)32-22(24,25)26/h2-13H,14H2,1H3,(H,27,29). The van der Waals surface area contributed by atoms with Crippen LogP contribution in [0.3, 0.4) is 0 Å². The molecule has 0 aliphatic heterocycles. The fraction of sp³-hybridized carbons (Fsp3) is 0.136. The van der Waals surface area contributed by atoms with E-state index in [0.29, 0.717) is 16.3 Å². The first kappa shape index (κ1) is 24.4. The van der Waals surface area contributed by atoms with Gasteiger partial charge >= 0.3 is 6.36 Å². The number of aryl methyl sites for hydroxylation is 1. The Bertz CT molecular complexity index is 1230. The molecule has 0 aliphatic rings. The molecule has 6 nitrogen and oxygen atoms in total. The largest absolute Gasteiger partial charge is 0.573 e. The summed E-state index contributed by atoms with van der Waals surface area (Å²) in [7, 11) is -4.14. The first-order chi connectivity index (χ1) is 15.5. The highest BCUT2D eigenvalue weighted by Crippen LogP contribution is 2.28. The number of benzene rings is 3. The lowest BCUT2D eigenvalue weighted by Crippen LogP contribution is -2.38. The lowest BCUT2D eigenvalue weighted by molar-refractivity contribution is -0.274. The third-order valence-corrected chi connectivity index (χ3v) is 6.47. The van der Waals surface area contributed by atoms with E-state index in [4.69, 9.17) is 11.6 Å². The van der Waals surface area contributed by atoms with Crippen molar-refractivity contribution < 1.29 is 31.1 Å². The summed E-state index contributed by atoms with van der Waals surface area (Å²) in [6.45, 7) is 1.13. The van der Waals surface area contributed by atoms with Gasteiger partial charge in [0.25, 0.3) is 10.0 Å². The van der Waals surface area contributed by atoms with Gasteiger partial charge in [-0.05, 0) is 67.1 Å². The van der Waals surface area contributed by atoms with Crippen molar-refractivity contribution in [2.75, 3.05) is 16.2 Å². The Morgan fingerprint density at radius 1 is 1.00 bits per heavy atom. The predicted molar refractivity (Wildman–Crippen MR) is 119 cm³/mol. The highest BCUT2D eigenvalue weighted by Gasteiger charge is 2.31. The number of rotatable bonds is 7. The third-order valence-electron chi connectivity index (χ3n) is 4.44. The number of nitrogens with one attached hydrogen (secondary N) is 1. The molecule has 174 valence electrons. The summed E-state index contributed by atoms with van der Waals surface area (Å²) in [5, 5.41) is 2.84. The van der Waals surface area contributed by atoms with Crippen LogP contribution < -0.4 is 14.4 Å². The molecule has 0 unspecified atom stereocenters. The molecule has 3 aromatic carbocycles. The molecule has 3 rings (SSSR count). The minimum Gasteiger partial charge on any atom is -0.406 e. The first-order valence-electron chi connectivity index (χ1n) is 9.45. The van der Waals surface area contributed by atoms with Gasteiger partial charge in [0.1, 0.15) is 12.3 Å². The number of halogens is 4. The molecular weight excluding hydrogens is 481 g/mol. The van der Waals surface area contributed by atoms with E-state index < -0.39 is 34.6 Å². The van der Waals surface area contributed by atoms with Gasteiger partial charge in [0.05, 0.1) is 10.6 Å². The maximum absolute atomic E-state index is 13.3. The van der Waals surface area contributed by atoms with Crippen molar-refractivity contribution in [2.45, 2.75) is 18.2 Å². The van der Waals surface area contributed by atoms with E-state index in [9.17, 15) is 26.4 Å². The molecule has 0 heterocycles. The van der Waals surface area contributed by atoms with Crippen LogP contribution in [0.1, 0.15) is 5.56 Å². The van der Waals surface area contributed by atoms with Gasteiger partial charge in [-0.2, -0.15) is 0 Å². The van der Waals surface area contributed by atoms with Gasteiger partial charge in [-0.25, -0.2) is 8.42 Å². The van der Waals surface area contributed by atoms with Crippen LogP contribution in [0.25, 0.3) is 0 Å². The van der Waals surface area contributed by atoms with E-state index in [1.54, 1.807) is 31.2 Å². The molecule has 33 heavy (non-hydrogen) atoms. The number of alkyl halides is 3. The van der Waals surface area contributed by atoms with Crippen LogP contribution in [0.2, 0.25) is 5.02 Å². The van der Waals surface area contributed by atoms with Crippen molar-refractivity contribution >= 4 is 38.9 Å². The predicted octanol–water partition coefficient (Wildman–Crippen LogP) is 5.38.